The molecule has 1 aliphatic heterocycles. The van der Waals surface area contributed by atoms with Gasteiger partial charge in [0.15, 0.2) is 5.96 Å². The molecule has 1 aromatic rings. The lowest BCUT2D eigenvalue weighted by Gasteiger charge is -2.34. The fourth-order valence-corrected chi connectivity index (χ4v) is 2.87. The number of hydrogen-bond donors (Lipinski definition) is 1. The first-order chi connectivity index (χ1) is 12.1. The summed E-state index contributed by atoms with van der Waals surface area (Å²) in [5.74, 6) is -0.173. The lowest BCUT2D eigenvalue weighted by atomic mass is 10.1. The van der Waals surface area contributed by atoms with E-state index in [9.17, 15) is 8.78 Å². The van der Waals surface area contributed by atoms with Crippen LogP contribution in [-0.4, -0.2) is 57.4 Å². The van der Waals surface area contributed by atoms with Gasteiger partial charge in [0.2, 0.25) is 0 Å². The van der Waals surface area contributed by atoms with Crippen LogP contribution in [-0.2, 0) is 16.0 Å². The Kier molecular flexibility index (Phi) is 8.08. The molecule has 2 rings (SSSR count). The third-order valence-corrected chi connectivity index (χ3v) is 4.24. The molecule has 0 saturated carbocycles. The van der Waals surface area contributed by atoms with Gasteiger partial charge in [-0.05, 0) is 37.5 Å². The number of piperidine rings is 1. The number of rotatable bonds is 7. The van der Waals surface area contributed by atoms with Crippen LogP contribution in [0.1, 0.15) is 24.8 Å². The summed E-state index contributed by atoms with van der Waals surface area (Å²) in [6.45, 7) is 3.26. The van der Waals surface area contributed by atoms with E-state index in [2.05, 4.69) is 15.2 Å². The fourth-order valence-electron chi connectivity index (χ4n) is 2.87. The Balaban J connectivity index is 1.77. The highest BCUT2D eigenvalue weighted by atomic mass is 19.1. The standard InChI is InChI=1S/C18H27F2N3O2/c1-21-18(22-13-14-12-15(19)4-5-17(14)20)23-8-6-16(7-9-23)25-11-3-10-24-2/h4-5,12,16H,3,6-11,13H2,1-2H3,(H,21,22). The molecule has 0 spiro atoms. The van der Waals surface area contributed by atoms with Crippen molar-refractivity contribution in [2.24, 2.45) is 4.99 Å². The number of aliphatic imine (C=N–C) groups is 1. The van der Waals surface area contributed by atoms with Gasteiger partial charge in [0.05, 0.1) is 6.10 Å². The Morgan fingerprint density at radius 2 is 2.04 bits per heavy atom. The van der Waals surface area contributed by atoms with Crippen LogP contribution in [0, 0.1) is 11.6 Å². The molecule has 0 aromatic heterocycles. The molecule has 1 aliphatic rings. The van der Waals surface area contributed by atoms with Crippen molar-refractivity contribution in [3.05, 3.63) is 35.4 Å². The monoisotopic (exact) mass is 355 g/mol. The summed E-state index contributed by atoms with van der Waals surface area (Å²) in [5.41, 5.74) is 0.289. The number of benzene rings is 1. The molecule has 0 aliphatic carbocycles. The fraction of sp³-hybridized carbons (Fsp3) is 0.611. The van der Waals surface area contributed by atoms with Crippen LogP contribution in [0.3, 0.4) is 0 Å². The highest BCUT2D eigenvalue weighted by Crippen LogP contribution is 2.15. The zero-order chi connectivity index (χ0) is 18.1. The van der Waals surface area contributed by atoms with Crippen molar-refractivity contribution in [2.75, 3.05) is 40.5 Å². The van der Waals surface area contributed by atoms with Crippen LogP contribution in [0.25, 0.3) is 0 Å². The Labute approximate surface area is 148 Å². The predicted molar refractivity (Wildman–Crippen MR) is 93.6 cm³/mol. The summed E-state index contributed by atoms with van der Waals surface area (Å²) in [6.07, 6.45) is 3.00. The van der Waals surface area contributed by atoms with E-state index in [1.165, 1.54) is 6.07 Å². The lowest BCUT2D eigenvalue weighted by Crippen LogP contribution is -2.46. The van der Waals surface area contributed by atoms with Crippen LogP contribution < -0.4 is 5.32 Å². The number of methoxy groups -OCH3 is 1. The number of ether oxygens (including phenoxy) is 2. The van der Waals surface area contributed by atoms with Crippen molar-refractivity contribution in [2.45, 2.75) is 31.9 Å². The summed E-state index contributed by atoms with van der Waals surface area (Å²) in [6, 6.07) is 3.46. The van der Waals surface area contributed by atoms with Gasteiger partial charge in [-0.3, -0.25) is 4.99 Å². The largest absolute Gasteiger partial charge is 0.385 e. The summed E-state index contributed by atoms with van der Waals surface area (Å²) in [7, 11) is 3.38. The van der Waals surface area contributed by atoms with E-state index < -0.39 is 11.6 Å². The van der Waals surface area contributed by atoms with Crippen molar-refractivity contribution in [3.8, 4) is 0 Å². The molecule has 1 fully saturated rings. The van der Waals surface area contributed by atoms with Crippen molar-refractivity contribution in [3.63, 3.8) is 0 Å². The maximum absolute atomic E-state index is 13.7. The molecule has 0 atom stereocenters. The molecule has 0 unspecified atom stereocenters. The van der Waals surface area contributed by atoms with E-state index in [0.717, 1.165) is 44.5 Å². The van der Waals surface area contributed by atoms with Gasteiger partial charge in [0.1, 0.15) is 11.6 Å². The normalized spacial score (nSPS) is 16.3. The number of halogens is 2. The van der Waals surface area contributed by atoms with E-state index >= 15 is 0 Å². The van der Waals surface area contributed by atoms with Crippen molar-refractivity contribution in [1.82, 2.24) is 10.2 Å². The summed E-state index contributed by atoms with van der Waals surface area (Å²) >= 11 is 0. The minimum Gasteiger partial charge on any atom is -0.385 e. The summed E-state index contributed by atoms with van der Waals surface area (Å²) in [4.78, 5) is 6.37. The number of nitrogens with one attached hydrogen (secondary N) is 1. The van der Waals surface area contributed by atoms with Crippen molar-refractivity contribution >= 4 is 5.96 Å². The van der Waals surface area contributed by atoms with Crippen LogP contribution in [0.4, 0.5) is 8.78 Å². The smallest absolute Gasteiger partial charge is 0.193 e. The van der Waals surface area contributed by atoms with Gasteiger partial charge in [-0.25, -0.2) is 8.78 Å². The molecule has 0 radical (unpaired) electrons. The molecule has 0 amide bonds. The quantitative estimate of drug-likeness (QED) is 0.464. The molecule has 5 nitrogen and oxygen atoms in total. The second-order valence-corrected chi connectivity index (χ2v) is 6.04. The molecule has 25 heavy (non-hydrogen) atoms. The first-order valence-corrected chi connectivity index (χ1v) is 8.64. The molecule has 1 heterocycles. The van der Waals surface area contributed by atoms with Crippen LogP contribution in [0.5, 0.6) is 0 Å². The number of hydrogen-bond acceptors (Lipinski definition) is 3. The zero-order valence-corrected chi connectivity index (χ0v) is 14.9. The van der Waals surface area contributed by atoms with Gasteiger partial charge in [-0.1, -0.05) is 0 Å². The molecule has 1 saturated heterocycles. The molecule has 0 bridgehead atoms. The average Bonchev–Trinajstić information content (AvgIpc) is 2.63. The Bertz CT molecular complexity index is 561. The highest BCUT2D eigenvalue weighted by Gasteiger charge is 2.22. The van der Waals surface area contributed by atoms with E-state index in [1.54, 1.807) is 14.2 Å². The topological polar surface area (TPSA) is 46.1 Å². The van der Waals surface area contributed by atoms with Gasteiger partial charge in [0, 0.05) is 52.6 Å². The van der Waals surface area contributed by atoms with Crippen LogP contribution >= 0.6 is 0 Å². The maximum atomic E-state index is 13.7. The number of likely N-dealkylation sites (tertiary alicyclic amines) is 1. The minimum atomic E-state index is -0.445. The third kappa shape index (κ3) is 6.25. The number of guanidine groups is 1. The molecule has 1 aromatic carbocycles. The van der Waals surface area contributed by atoms with Gasteiger partial charge >= 0.3 is 0 Å². The van der Waals surface area contributed by atoms with E-state index in [1.807, 2.05) is 0 Å². The molecular formula is C18H27F2N3O2. The van der Waals surface area contributed by atoms with Crippen molar-refractivity contribution < 1.29 is 18.3 Å². The Morgan fingerprint density at radius 3 is 2.72 bits per heavy atom. The SMILES string of the molecule is CN=C(NCc1cc(F)ccc1F)N1CCC(OCCCOC)CC1. The van der Waals surface area contributed by atoms with E-state index in [0.29, 0.717) is 19.2 Å². The maximum Gasteiger partial charge on any atom is 0.193 e. The summed E-state index contributed by atoms with van der Waals surface area (Å²) in [5, 5.41) is 3.11. The second-order valence-electron chi connectivity index (χ2n) is 6.04. The highest BCUT2D eigenvalue weighted by molar-refractivity contribution is 5.79. The van der Waals surface area contributed by atoms with Gasteiger partial charge in [0.25, 0.3) is 0 Å². The average molecular weight is 355 g/mol. The van der Waals surface area contributed by atoms with Crippen LogP contribution in [0.2, 0.25) is 0 Å². The predicted octanol–water partition coefficient (Wildman–Crippen LogP) is 2.56. The second kappa shape index (κ2) is 10.3. The van der Waals surface area contributed by atoms with Gasteiger partial charge in [-0.15, -0.1) is 0 Å². The zero-order valence-electron chi connectivity index (χ0n) is 14.9. The lowest BCUT2D eigenvalue weighted by molar-refractivity contribution is 0.00989. The first kappa shape index (κ1) is 19.6. The van der Waals surface area contributed by atoms with E-state index in [4.69, 9.17) is 9.47 Å². The molecule has 1 N–H and O–H groups in total. The van der Waals surface area contributed by atoms with E-state index in [-0.39, 0.29) is 18.2 Å². The molecule has 7 heteroatoms. The Morgan fingerprint density at radius 1 is 1.28 bits per heavy atom. The minimum absolute atomic E-state index is 0.198. The van der Waals surface area contributed by atoms with Gasteiger partial charge in [-0.2, -0.15) is 0 Å². The Hall–Kier alpha value is -1.73. The van der Waals surface area contributed by atoms with Gasteiger partial charge < -0.3 is 19.7 Å². The molecule has 140 valence electrons. The number of nitrogens with zero attached hydrogens (tertiary/aromatic N) is 2. The molecular weight excluding hydrogens is 328 g/mol. The van der Waals surface area contributed by atoms with Crippen molar-refractivity contribution in [1.29, 1.82) is 0 Å². The summed E-state index contributed by atoms with van der Waals surface area (Å²) < 4.78 is 37.8. The van der Waals surface area contributed by atoms with Crippen LogP contribution in [0.15, 0.2) is 23.2 Å². The third-order valence-electron chi connectivity index (χ3n) is 4.24. The first-order valence-electron chi connectivity index (χ1n) is 8.64.